The van der Waals surface area contributed by atoms with Crippen LogP contribution in [0, 0.1) is 89.3 Å². The van der Waals surface area contributed by atoms with E-state index in [4.69, 9.17) is 184 Å². The Bertz CT molecular complexity index is 5330. The maximum Gasteiger partial charge on any atom is 1.00 e. The number of carbonyl (C=O) groups excluding carboxylic acids is 9. The molecule has 6 saturated carbocycles. The second-order valence-electron chi connectivity index (χ2n) is 39.4. The molecule has 0 aromatic heterocycles. The van der Waals surface area contributed by atoms with E-state index in [1.807, 2.05) is 20.7 Å². The number of hydrogen-bond donors (Lipinski definition) is 11. The molecule has 32 nitrogen and oxygen atoms in total. The van der Waals surface area contributed by atoms with Crippen LogP contribution in [0.1, 0.15) is 232 Å². The number of rotatable bonds is 36. The summed E-state index contributed by atoms with van der Waals surface area (Å²) in [5.41, 5.74) is 9.82. The minimum absolute atomic E-state index is 0. The van der Waals surface area contributed by atoms with Crippen LogP contribution in [-0.2, 0) is 70.9 Å². The molecule has 3 heterocycles. The third-order valence-electron chi connectivity index (χ3n) is 26.2. The van der Waals surface area contributed by atoms with Gasteiger partial charge in [0, 0.05) is 100 Å². The Morgan fingerprint density at radius 1 is 0.490 bits per heavy atom. The molecule has 5 aromatic carbocycles. The topological polar surface area (TPSA) is 524 Å². The Hall–Kier alpha value is -4.53. The average Bonchev–Trinajstić information content (AvgIpc) is 1.60. The average molecular weight is 2530 g/mol. The van der Waals surface area contributed by atoms with Crippen LogP contribution in [0.3, 0.4) is 0 Å². The summed E-state index contributed by atoms with van der Waals surface area (Å²) in [5, 5.41) is 51.2. The first-order chi connectivity index (χ1) is 68.0. The molecule has 4 amide bonds. The number of nitrogens with two attached hydrogens (primary N) is 3. The molecule has 14 rings (SSSR count). The quantitative estimate of drug-likeness (QED) is 0.0101. The zero-order chi connectivity index (χ0) is 111. The molecule has 13 atom stereocenters. The van der Waals surface area contributed by atoms with Crippen LogP contribution in [0.25, 0.3) is 0 Å². The number of carbonyl (C=O) groups is 13. The fourth-order valence-electron chi connectivity index (χ4n) is 18.8. The summed E-state index contributed by atoms with van der Waals surface area (Å²) in [5.74, 6) is -5.26. The van der Waals surface area contributed by atoms with Gasteiger partial charge < -0.3 is 91.2 Å². The van der Waals surface area contributed by atoms with E-state index in [-0.39, 0.29) is 227 Å². The van der Waals surface area contributed by atoms with Crippen molar-refractivity contribution in [2.24, 2.45) is 74.9 Å². The Morgan fingerprint density at radius 3 is 1.10 bits per heavy atom. The third kappa shape index (κ3) is 42.2. The number of Topliss-reactive ketones (excluding diaryl/α,β-unsaturated/α-hetero) is 3. The largest absolute Gasteiger partial charge is 1.00 e. The summed E-state index contributed by atoms with van der Waals surface area (Å²) in [6.45, 7) is 31.2. The van der Waals surface area contributed by atoms with E-state index in [0.29, 0.717) is 104 Å². The smallest absolute Gasteiger partial charge is 0.870 e. The summed E-state index contributed by atoms with van der Waals surface area (Å²) in [7, 11) is 0.110. The number of carboxylic acids is 4. The Kier molecular flexibility index (Phi) is 60.3. The van der Waals surface area contributed by atoms with Crippen LogP contribution in [0.5, 0.6) is 0 Å². The molecule has 3 aliphatic heterocycles. The molecule has 9 aliphatic rings. The van der Waals surface area contributed by atoms with Gasteiger partial charge >= 0.3 is 74.8 Å². The van der Waals surface area contributed by atoms with Crippen molar-refractivity contribution in [3.63, 3.8) is 0 Å². The monoisotopic (exact) mass is 2520 g/mol. The predicted molar refractivity (Wildman–Crippen MR) is 572 cm³/mol. The number of aliphatic carboxylic acids is 4. The van der Waals surface area contributed by atoms with E-state index in [1.54, 1.807) is 37.4 Å². The summed E-state index contributed by atoms with van der Waals surface area (Å²) >= 11 is 67.8. The molecule has 5 aromatic rings. The van der Waals surface area contributed by atoms with Gasteiger partial charge in [0.05, 0.1) is 124 Å². The van der Waals surface area contributed by atoms with Crippen molar-refractivity contribution in [2.75, 3.05) is 39.8 Å². The molecular formula is C96H130B5Cl12N7NaO25U. The number of benzene rings is 5. The number of ketones is 3. The first-order valence-corrected chi connectivity index (χ1v) is 51.0. The third-order valence-corrected chi connectivity index (χ3v) is 29.2. The van der Waals surface area contributed by atoms with Gasteiger partial charge in [-0.3, -0.25) is 57.5 Å². The SMILES string of the molecule is CC(C)C[C@H](CC(=O)CNC(=O)c1cc(Cl)ccc1Cl)B1OC(=O)CC(CC(=O)O)(C(=O)O)O1.CC(C)C[C@H](CC(=O)CNC(=O)c1cc(Cl)ccc1Cl)B1O[C@@H]2C[C@@H]3C[C@@H](C3(C)C)[C@]2(C)O1.CC(C)C[C@H](N)B1O[C@@H]2C[C@@H]3C[C@@H](C3(C)C)[C@]2(C)O1.COB(C)[C@@H](CC(=O)CNC(=O)c1cc(Cl)ccc1Cl)CC(C)C.NCC(=O)O.NCl.O=C(Cl)c1cc(Cl)ccc1Cl.O=C(O)CNC(=O)c1cc(Cl)ccc1Cl.[3H][B][3H].[Na+].[OH-].[U]. The van der Waals surface area contributed by atoms with E-state index in [0.717, 1.165) is 38.0 Å². The van der Waals surface area contributed by atoms with Crippen LogP contribution in [0.2, 0.25) is 74.5 Å². The van der Waals surface area contributed by atoms with Gasteiger partial charge in [-0.2, -0.15) is 0 Å². The zero-order valence-corrected chi connectivity index (χ0v) is 100. The van der Waals surface area contributed by atoms with Gasteiger partial charge in [0.1, 0.15) is 6.54 Å². The van der Waals surface area contributed by atoms with E-state index < -0.39 is 102 Å². The number of halogens is 12. The van der Waals surface area contributed by atoms with Crippen molar-refractivity contribution in [2.45, 2.75) is 240 Å². The summed E-state index contributed by atoms with van der Waals surface area (Å²) in [4.78, 5) is 151. The van der Waals surface area contributed by atoms with Gasteiger partial charge in [0.25, 0.3) is 41.8 Å². The Morgan fingerprint density at radius 2 is 0.803 bits per heavy atom. The van der Waals surface area contributed by atoms with Gasteiger partial charge in [0.2, 0.25) is 0 Å². The van der Waals surface area contributed by atoms with Crippen molar-refractivity contribution < 1.29 is 181 Å². The van der Waals surface area contributed by atoms with Gasteiger partial charge in [-0.05, 0) is 240 Å². The molecule has 147 heavy (non-hydrogen) atoms. The van der Waals surface area contributed by atoms with Gasteiger partial charge in [-0.15, -0.1) is 0 Å². The van der Waals surface area contributed by atoms with E-state index in [9.17, 15) is 67.4 Å². The summed E-state index contributed by atoms with van der Waals surface area (Å²) < 4.78 is 53.2. The van der Waals surface area contributed by atoms with Crippen molar-refractivity contribution in [3.8, 4) is 0 Å². The number of hydrogen-bond acceptors (Lipinski definition) is 24. The maximum atomic E-state index is 12.9. The molecule has 15 N–H and O–H groups in total. The van der Waals surface area contributed by atoms with Gasteiger partial charge in [-0.25, -0.2) is 10.0 Å². The maximum absolute atomic E-state index is 12.9. The van der Waals surface area contributed by atoms with Crippen molar-refractivity contribution in [3.05, 3.63) is 169 Å². The van der Waals surface area contributed by atoms with Gasteiger partial charge in [-0.1, -0.05) is 212 Å². The molecule has 803 valence electrons. The van der Waals surface area contributed by atoms with Crippen LogP contribution < -0.4 is 67.5 Å². The fraction of sp³-hybridized carbons (Fsp3) is 0.552. The van der Waals surface area contributed by atoms with Crippen molar-refractivity contribution in [1.29, 1.82) is 2.67 Å². The second kappa shape index (κ2) is 64.8. The molecular weight excluding hydrogens is 2390 g/mol. The Balaban J connectivity index is 0.000000900. The first-order valence-electron chi connectivity index (χ1n) is 47.5. The van der Waals surface area contributed by atoms with E-state index >= 15 is 0 Å². The molecule has 9 fully saturated rings. The minimum atomic E-state index is -2.30. The molecule has 0 spiro atoms. The van der Waals surface area contributed by atoms with Crippen LogP contribution >= 0.6 is 139 Å². The van der Waals surface area contributed by atoms with Crippen molar-refractivity contribution >= 4 is 252 Å². The number of nitrogens with one attached hydrogen (secondary N) is 4. The fourth-order valence-corrected chi connectivity index (χ4v) is 20.9. The Labute approximate surface area is 971 Å². The molecule has 6 aliphatic carbocycles. The van der Waals surface area contributed by atoms with E-state index in [2.05, 4.69) is 127 Å². The predicted octanol–water partition coefficient (Wildman–Crippen LogP) is 15.9. The molecule has 3 saturated heterocycles. The first kappa shape index (κ1) is 137. The van der Waals surface area contributed by atoms with Gasteiger partial charge in [0.15, 0.2) is 23.0 Å². The second-order valence-corrected chi connectivity index (χ2v) is 44.0. The van der Waals surface area contributed by atoms with Crippen LogP contribution in [0.4, 0.5) is 0 Å². The summed E-state index contributed by atoms with van der Waals surface area (Å²) in [6.07, 6.45) is 6.73. The minimum Gasteiger partial charge on any atom is -0.870 e. The van der Waals surface area contributed by atoms with Crippen molar-refractivity contribution in [1.82, 2.24) is 21.3 Å². The standard InChI is InChI=1S/C25H34BCl2NO4.C21H24BCl2NO9.C17H24BCl2NO3.C15H28BNO2.C9H7Cl2NO3.C7H3Cl3O.C2H5NO2.BH2.ClH2N.Na.H2O.U/c1-14(2)8-16(11-18(30)13-29-23(31)19-12-17(27)6-7-20(19)28)26-32-22-10-15-9-21(24(15,3)4)25(22,5)33-26;1-11(2)5-12(22-33-18(29)9-21(34-22,20(31)32)8-17(27)28)6-14(26)10-25-19(30)15-7-13(23)3-4-16(15)24;1-11(2)7-12(18(3)24-4)8-14(22)10-21-17(23)15-9-13(19)5-6-16(15)20;1-9(2)6-13(17)16-18-12-8-10-7-11(14(10,3)4)15(12,5)19-16;10-5-1-2-7(11)6(3-5)9(15)12-4-8(13)14;8-4-1-2-6(9)5(3-4)7(10)11;3-1-2(4)5;;1-2;;;/h6-7,12,14-16,21-22H,8-11,13H2,1-5H3,(H,29,31);3-4,7,11-12H,5-6,8-10H2,1-2H3,(H,25,30)(H,27,28)(H,31,32);5-6,9,11-12H,7-8,10H2,1-4H3,(H,21,23);9-13H,6-8,17H2,1-5H3;1-3H,4H2,(H,12,15)(H,13,14);1-3H;1,3H2,(H,4,5);1H2;2H2;;1H2;/q;;;;;;;;;+1;;/p-1/t15-,16+,21-,22+,25-;12-,21?;12-;10-,11-,12+,13-,15-;;;;;;;;/m0110......../s1/i;;;;;;;1T2;;;;. The molecule has 51 heteroatoms. The van der Waals surface area contributed by atoms with E-state index in [1.165, 1.54) is 73.5 Å². The number of amides is 4. The van der Waals surface area contributed by atoms with Crippen LogP contribution in [-0.4, -0.2) is 216 Å². The molecule has 1 unspecified atom stereocenters. The molecule has 1 radical (unpaired) electrons. The van der Waals surface area contributed by atoms with Crippen LogP contribution in [0.15, 0.2) is 91.0 Å². The zero-order valence-electron chi connectivity index (χ0n) is 87.0. The molecule has 4 bridgehead atoms. The number of carboxylic acid groups (broad SMARTS) is 4. The summed E-state index contributed by atoms with van der Waals surface area (Å²) in [6, 6.07) is 22.6. The normalized spacial score (nSPS) is 21.1.